The summed E-state index contributed by atoms with van der Waals surface area (Å²) in [4.78, 5) is 22.2. The van der Waals surface area contributed by atoms with Crippen LogP contribution in [0.2, 0.25) is 0 Å². The summed E-state index contributed by atoms with van der Waals surface area (Å²) in [6.07, 6.45) is 1.09. The van der Waals surface area contributed by atoms with Gasteiger partial charge in [-0.05, 0) is 18.1 Å². The maximum absolute atomic E-state index is 12.9. The number of amides is 1. The van der Waals surface area contributed by atoms with Crippen LogP contribution >= 0.6 is 12.4 Å². The van der Waals surface area contributed by atoms with E-state index in [0.717, 1.165) is 83.4 Å². The van der Waals surface area contributed by atoms with E-state index in [9.17, 15) is 4.79 Å². The molecule has 3 heterocycles. The Balaban J connectivity index is 0.00000289. The van der Waals surface area contributed by atoms with Gasteiger partial charge in [-0.15, -0.1) is 12.4 Å². The molecule has 1 amide bonds. The monoisotopic (exact) mass is 500 g/mol. The minimum Gasteiger partial charge on any atom is -0.486 e. The standard InChI is InChI=1S/C27H36N4O3.ClH/c32-26(22-30-13-11-28(12-14-30)10-9-23-5-2-1-3-6-23)31-17-15-29(16-18-31)21-24-7-4-8-25-27(24)34-20-19-33-25;/h1-8H,9-22H2;1H. The highest BCUT2D eigenvalue weighted by Gasteiger charge is 2.26. The summed E-state index contributed by atoms with van der Waals surface area (Å²) in [6, 6.07) is 16.8. The highest BCUT2D eigenvalue weighted by atomic mass is 35.5. The Morgan fingerprint density at radius 3 is 2.20 bits per heavy atom. The third kappa shape index (κ3) is 6.88. The predicted molar refractivity (Wildman–Crippen MR) is 140 cm³/mol. The highest BCUT2D eigenvalue weighted by Crippen LogP contribution is 2.34. The molecule has 2 aromatic rings. The van der Waals surface area contributed by atoms with E-state index >= 15 is 0 Å². The lowest BCUT2D eigenvalue weighted by Gasteiger charge is -2.38. The Kier molecular flexibility index (Phi) is 9.26. The number of hydrogen-bond donors (Lipinski definition) is 0. The fourth-order valence-electron chi connectivity index (χ4n) is 5.05. The van der Waals surface area contributed by atoms with Crippen LogP contribution in [0, 0.1) is 0 Å². The van der Waals surface area contributed by atoms with Crippen molar-refractivity contribution >= 4 is 18.3 Å². The summed E-state index contributed by atoms with van der Waals surface area (Å²) < 4.78 is 11.6. The Morgan fingerprint density at radius 1 is 0.743 bits per heavy atom. The number of hydrogen-bond acceptors (Lipinski definition) is 6. The second kappa shape index (κ2) is 12.6. The molecule has 190 valence electrons. The highest BCUT2D eigenvalue weighted by molar-refractivity contribution is 5.85. The van der Waals surface area contributed by atoms with Crippen molar-refractivity contribution in [2.24, 2.45) is 0 Å². The molecule has 0 unspecified atom stereocenters. The molecule has 3 aliphatic heterocycles. The lowest BCUT2D eigenvalue weighted by Crippen LogP contribution is -2.53. The van der Waals surface area contributed by atoms with E-state index in [1.165, 1.54) is 11.1 Å². The summed E-state index contributed by atoms with van der Waals surface area (Å²) in [6.45, 7) is 11.1. The Morgan fingerprint density at radius 2 is 1.43 bits per heavy atom. The first-order valence-corrected chi connectivity index (χ1v) is 12.6. The molecule has 0 N–H and O–H groups in total. The molecule has 0 aliphatic carbocycles. The van der Waals surface area contributed by atoms with Crippen molar-refractivity contribution < 1.29 is 14.3 Å². The zero-order valence-corrected chi connectivity index (χ0v) is 21.3. The summed E-state index contributed by atoms with van der Waals surface area (Å²) in [5, 5.41) is 0. The van der Waals surface area contributed by atoms with Crippen LogP contribution in [-0.2, 0) is 17.8 Å². The number of nitrogens with zero attached hydrogens (tertiary/aromatic N) is 4. The average Bonchev–Trinajstić information content (AvgIpc) is 2.89. The molecule has 7 nitrogen and oxygen atoms in total. The number of benzene rings is 2. The van der Waals surface area contributed by atoms with Crippen LogP contribution in [0.25, 0.3) is 0 Å². The molecule has 0 radical (unpaired) electrons. The Labute approximate surface area is 215 Å². The molecule has 35 heavy (non-hydrogen) atoms. The normalized spacial score (nSPS) is 19.3. The molecular weight excluding hydrogens is 464 g/mol. The molecular formula is C27H37ClN4O3. The van der Waals surface area contributed by atoms with Gasteiger partial charge in [0.15, 0.2) is 11.5 Å². The van der Waals surface area contributed by atoms with Crippen molar-refractivity contribution in [3.05, 3.63) is 59.7 Å². The average molecular weight is 501 g/mol. The lowest BCUT2D eigenvalue weighted by atomic mass is 10.1. The van der Waals surface area contributed by atoms with Crippen molar-refractivity contribution in [1.82, 2.24) is 19.6 Å². The molecule has 3 aliphatic rings. The molecule has 0 bridgehead atoms. The molecule has 8 heteroatoms. The zero-order valence-electron chi connectivity index (χ0n) is 20.4. The summed E-state index contributed by atoms with van der Waals surface area (Å²) in [7, 11) is 0. The number of fused-ring (bicyclic) bond motifs is 1. The van der Waals surface area contributed by atoms with Crippen molar-refractivity contribution in [3.8, 4) is 11.5 Å². The van der Waals surface area contributed by atoms with E-state index < -0.39 is 0 Å². The van der Waals surface area contributed by atoms with Crippen LogP contribution in [0.5, 0.6) is 11.5 Å². The molecule has 0 saturated carbocycles. The number of halogens is 1. The maximum atomic E-state index is 12.9. The number of piperazine rings is 2. The first kappa shape index (κ1) is 25.8. The second-order valence-electron chi connectivity index (χ2n) is 9.45. The summed E-state index contributed by atoms with van der Waals surface area (Å²) in [5.41, 5.74) is 2.56. The quantitative estimate of drug-likeness (QED) is 0.582. The summed E-state index contributed by atoms with van der Waals surface area (Å²) in [5.74, 6) is 2.00. The van der Waals surface area contributed by atoms with E-state index in [1.54, 1.807) is 0 Å². The number of para-hydroxylation sites is 1. The van der Waals surface area contributed by atoms with Gasteiger partial charge in [0.1, 0.15) is 13.2 Å². The van der Waals surface area contributed by atoms with Gasteiger partial charge in [-0.2, -0.15) is 0 Å². The minimum absolute atomic E-state index is 0. The molecule has 5 rings (SSSR count). The number of carbonyl (C=O) groups excluding carboxylic acids is 1. The number of ether oxygens (including phenoxy) is 2. The van der Waals surface area contributed by atoms with Crippen LogP contribution in [-0.4, -0.2) is 104 Å². The Bertz CT molecular complexity index is 945. The van der Waals surface area contributed by atoms with Crippen molar-refractivity contribution in [1.29, 1.82) is 0 Å². The van der Waals surface area contributed by atoms with Crippen LogP contribution in [0.15, 0.2) is 48.5 Å². The van der Waals surface area contributed by atoms with Crippen LogP contribution < -0.4 is 9.47 Å². The molecule has 2 aromatic carbocycles. The van der Waals surface area contributed by atoms with E-state index in [1.807, 2.05) is 17.0 Å². The van der Waals surface area contributed by atoms with Crippen LogP contribution in [0.1, 0.15) is 11.1 Å². The van der Waals surface area contributed by atoms with Gasteiger partial charge in [-0.1, -0.05) is 42.5 Å². The molecule has 0 atom stereocenters. The van der Waals surface area contributed by atoms with Gasteiger partial charge in [0.25, 0.3) is 0 Å². The smallest absolute Gasteiger partial charge is 0.236 e. The molecule has 0 spiro atoms. The predicted octanol–water partition coefficient (Wildman–Crippen LogP) is 2.38. The van der Waals surface area contributed by atoms with Crippen LogP contribution in [0.3, 0.4) is 0 Å². The van der Waals surface area contributed by atoms with Crippen molar-refractivity contribution in [2.45, 2.75) is 13.0 Å². The fourth-order valence-corrected chi connectivity index (χ4v) is 5.05. The molecule has 2 saturated heterocycles. The van der Waals surface area contributed by atoms with Gasteiger partial charge in [0.2, 0.25) is 5.91 Å². The topological polar surface area (TPSA) is 48.5 Å². The largest absolute Gasteiger partial charge is 0.486 e. The van der Waals surface area contributed by atoms with Crippen molar-refractivity contribution in [3.63, 3.8) is 0 Å². The van der Waals surface area contributed by atoms with Crippen LogP contribution in [0.4, 0.5) is 0 Å². The SMILES string of the molecule is Cl.O=C(CN1CCN(CCc2ccccc2)CC1)N1CCN(Cc2cccc3c2OCCO3)CC1. The van der Waals surface area contributed by atoms with E-state index in [2.05, 4.69) is 51.1 Å². The third-order valence-corrected chi connectivity index (χ3v) is 7.15. The summed E-state index contributed by atoms with van der Waals surface area (Å²) >= 11 is 0. The lowest BCUT2D eigenvalue weighted by molar-refractivity contribution is -0.134. The van der Waals surface area contributed by atoms with Crippen molar-refractivity contribution in [2.75, 3.05) is 78.7 Å². The van der Waals surface area contributed by atoms with E-state index in [4.69, 9.17) is 9.47 Å². The van der Waals surface area contributed by atoms with Gasteiger partial charge < -0.3 is 19.3 Å². The second-order valence-corrected chi connectivity index (χ2v) is 9.45. The molecule has 0 aromatic heterocycles. The van der Waals surface area contributed by atoms with E-state index in [-0.39, 0.29) is 18.3 Å². The van der Waals surface area contributed by atoms with Gasteiger partial charge in [-0.25, -0.2) is 0 Å². The first-order valence-electron chi connectivity index (χ1n) is 12.6. The van der Waals surface area contributed by atoms with Gasteiger partial charge >= 0.3 is 0 Å². The third-order valence-electron chi connectivity index (χ3n) is 7.15. The number of carbonyl (C=O) groups is 1. The first-order chi connectivity index (χ1) is 16.7. The van der Waals surface area contributed by atoms with Gasteiger partial charge in [-0.3, -0.25) is 14.6 Å². The minimum atomic E-state index is 0. The Hall–Kier alpha value is -2.32. The molecule has 2 fully saturated rings. The van der Waals surface area contributed by atoms with E-state index in [0.29, 0.717) is 19.8 Å². The zero-order chi connectivity index (χ0) is 23.2. The van der Waals surface area contributed by atoms with Gasteiger partial charge in [0, 0.05) is 71.0 Å². The maximum Gasteiger partial charge on any atom is 0.236 e. The fraction of sp³-hybridized carbons (Fsp3) is 0.519. The van der Waals surface area contributed by atoms with Gasteiger partial charge in [0.05, 0.1) is 6.54 Å². The number of rotatable bonds is 7.